The van der Waals surface area contributed by atoms with E-state index in [9.17, 15) is 0 Å². The molecule has 2 aliphatic heterocycles. The zero-order valence-corrected chi connectivity index (χ0v) is 17.5. The van der Waals surface area contributed by atoms with Gasteiger partial charge in [0.05, 0.1) is 36.0 Å². The van der Waals surface area contributed by atoms with Gasteiger partial charge in [-0.2, -0.15) is 5.10 Å². The molecule has 0 amide bonds. The maximum absolute atomic E-state index is 4.76. The molecule has 2 aliphatic rings. The lowest BCUT2D eigenvalue weighted by Crippen LogP contribution is -2.18. The smallest absolute Gasteiger partial charge is 0.128 e. The molecule has 3 aromatic rings. The van der Waals surface area contributed by atoms with Crippen molar-refractivity contribution in [1.82, 2.24) is 19.7 Å². The van der Waals surface area contributed by atoms with Crippen molar-refractivity contribution in [3.8, 4) is 5.69 Å². The van der Waals surface area contributed by atoms with Gasteiger partial charge in [0.1, 0.15) is 11.5 Å². The first-order valence-corrected chi connectivity index (χ1v) is 10.4. The number of rotatable bonds is 3. The van der Waals surface area contributed by atoms with Crippen LogP contribution in [-0.2, 0) is 6.54 Å². The van der Waals surface area contributed by atoms with Crippen molar-refractivity contribution in [1.29, 1.82) is 0 Å². The van der Waals surface area contributed by atoms with E-state index in [1.165, 1.54) is 18.4 Å². The summed E-state index contributed by atoms with van der Waals surface area (Å²) in [5, 5.41) is 4.76. The molecule has 0 atom stereocenters. The number of pyridine rings is 2. The highest BCUT2D eigenvalue weighted by Crippen LogP contribution is 2.35. The first kappa shape index (κ1) is 19.2. The van der Waals surface area contributed by atoms with E-state index in [4.69, 9.17) is 5.10 Å². The van der Waals surface area contributed by atoms with Crippen molar-refractivity contribution in [2.24, 2.45) is 0 Å². The molecule has 29 heavy (non-hydrogen) atoms. The van der Waals surface area contributed by atoms with Crippen molar-refractivity contribution in [3.05, 3.63) is 66.4 Å². The van der Waals surface area contributed by atoms with Crippen LogP contribution in [0.15, 0.2) is 49.4 Å². The summed E-state index contributed by atoms with van der Waals surface area (Å²) >= 11 is 0. The molecule has 5 heterocycles. The van der Waals surface area contributed by atoms with Crippen LogP contribution in [-0.4, -0.2) is 32.8 Å². The molecule has 6 heteroatoms. The van der Waals surface area contributed by atoms with Crippen LogP contribution in [0.25, 0.3) is 11.4 Å². The summed E-state index contributed by atoms with van der Waals surface area (Å²) in [5.41, 5.74) is 6.06. The zero-order valence-electron chi connectivity index (χ0n) is 17.5. The average Bonchev–Trinajstić information content (AvgIpc) is 3.49. The van der Waals surface area contributed by atoms with Crippen LogP contribution in [0, 0.1) is 6.92 Å². The first-order valence-electron chi connectivity index (χ1n) is 10.4. The van der Waals surface area contributed by atoms with Gasteiger partial charge in [0, 0.05) is 30.5 Å². The SMILES string of the molecule is C=C1c2nn(-c3ccc(N4CCCC4)nc3)cc2CN1c1ccc(C)nc1.CC. The van der Waals surface area contributed by atoms with E-state index in [-0.39, 0.29) is 0 Å². The van der Waals surface area contributed by atoms with Gasteiger partial charge in [0.2, 0.25) is 0 Å². The molecule has 0 radical (unpaired) electrons. The molecule has 3 aromatic heterocycles. The average molecular weight is 389 g/mol. The van der Waals surface area contributed by atoms with Crippen LogP contribution in [0.4, 0.5) is 11.5 Å². The second kappa shape index (κ2) is 8.07. The normalized spacial score (nSPS) is 15.3. The number of hydrogen-bond acceptors (Lipinski definition) is 5. The van der Waals surface area contributed by atoms with Crippen LogP contribution < -0.4 is 9.80 Å². The minimum Gasteiger partial charge on any atom is -0.357 e. The van der Waals surface area contributed by atoms with Crippen molar-refractivity contribution in [3.63, 3.8) is 0 Å². The van der Waals surface area contributed by atoms with Crippen molar-refractivity contribution >= 4 is 17.2 Å². The van der Waals surface area contributed by atoms with Crippen LogP contribution in [0.2, 0.25) is 0 Å². The first-order chi connectivity index (χ1) is 14.2. The molecule has 0 aromatic carbocycles. The van der Waals surface area contributed by atoms with Crippen molar-refractivity contribution in [2.45, 2.75) is 40.2 Å². The highest BCUT2D eigenvalue weighted by molar-refractivity contribution is 5.81. The predicted molar refractivity (Wildman–Crippen MR) is 118 cm³/mol. The Balaban J connectivity index is 0.000000994. The second-order valence-corrected chi connectivity index (χ2v) is 7.21. The van der Waals surface area contributed by atoms with Crippen LogP contribution >= 0.6 is 0 Å². The lowest BCUT2D eigenvalue weighted by atomic mass is 10.3. The molecule has 1 saturated heterocycles. The number of aromatic nitrogens is 4. The van der Waals surface area contributed by atoms with Gasteiger partial charge in [-0.25, -0.2) is 9.67 Å². The Morgan fingerprint density at radius 1 is 0.931 bits per heavy atom. The Bertz CT molecular complexity index is 981. The van der Waals surface area contributed by atoms with E-state index in [2.05, 4.69) is 50.7 Å². The maximum atomic E-state index is 4.76. The summed E-state index contributed by atoms with van der Waals surface area (Å²) in [5.74, 6) is 1.05. The number of nitrogens with zero attached hydrogens (tertiary/aromatic N) is 6. The number of fused-ring (bicyclic) bond motifs is 1. The number of hydrogen-bond donors (Lipinski definition) is 0. The van der Waals surface area contributed by atoms with E-state index < -0.39 is 0 Å². The fourth-order valence-corrected chi connectivity index (χ4v) is 3.81. The highest BCUT2D eigenvalue weighted by atomic mass is 15.3. The summed E-state index contributed by atoms with van der Waals surface area (Å²) in [6.45, 7) is 13.2. The molecule has 0 N–H and O–H groups in total. The van der Waals surface area contributed by atoms with E-state index in [1.807, 2.05) is 43.9 Å². The summed E-state index contributed by atoms with van der Waals surface area (Å²) in [4.78, 5) is 13.5. The molecule has 150 valence electrons. The van der Waals surface area contributed by atoms with Gasteiger partial charge in [-0.15, -0.1) is 0 Å². The number of anilines is 2. The summed E-state index contributed by atoms with van der Waals surface area (Å²) < 4.78 is 1.90. The third-order valence-electron chi connectivity index (χ3n) is 5.35. The quantitative estimate of drug-likeness (QED) is 0.657. The molecule has 0 saturated carbocycles. The van der Waals surface area contributed by atoms with Gasteiger partial charge in [0.15, 0.2) is 0 Å². The molecule has 0 bridgehead atoms. The van der Waals surface area contributed by atoms with Gasteiger partial charge in [0.25, 0.3) is 0 Å². The Morgan fingerprint density at radius 3 is 2.28 bits per heavy atom. The highest BCUT2D eigenvalue weighted by Gasteiger charge is 2.27. The molecule has 0 spiro atoms. The van der Waals surface area contributed by atoms with Crippen LogP contribution in [0.3, 0.4) is 0 Å². The largest absolute Gasteiger partial charge is 0.357 e. The molecule has 5 rings (SSSR count). The Hall–Kier alpha value is -3.15. The van der Waals surface area contributed by atoms with Gasteiger partial charge in [-0.3, -0.25) is 4.98 Å². The van der Waals surface area contributed by atoms with Crippen molar-refractivity contribution < 1.29 is 0 Å². The Labute approximate surface area is 172 Å². The van der Waals surface area contributed by atoms with Gasteiger partial charge in [-0.05, 0) is 44.0 Å². The molecular weight excluding hydrogens is 360 g/mol. The Morgan fingerprint density at radius 2 is 1.66 bits per heavy atom. The van der Waals surface area contributed by atoms with E-state index in [0.717, 1.165) is 53.9 Å². The minimum absolute atomic E-state index is 0.762. The zero-order chi connectivity index (χ0) is 20.4. The summed E-state index contributed by atoms with van der Waals surface area (Å²) in [6, 6.07) is 8.28. The van der Waals surface area contributed by atoms with Gasteiger partial charge >= 0.3 is 0 Å². The summed E-state index contributed by atoms with van der Waals surface area (Å²) in [7, 11) is 0. The van der Waals surface area contributed by atoms with Crippen LogP contribution in [0.5, 0.6) is 0 Å². The molecule has 0 unspecified atom stereocenters. The number of aryl methyl sites for hydroxylation is 1. The van der Waals surface area contributed by atoms with Crippen molar-refractivity contribution in [2.75, 3.05) is 22.9 Å². The van der Waals surface area contributed by atoms with E-state index in [0.29, 0.717) is 0 Å². The fraction of sp³-hybridized carbons (Fsp3) is 0.348. The minimum atomic E-state index is 0.762. The van der Waals surface area contributed by atoms with E-state index in [1.54, 1.807) is 0 Å². The lowest BCUT2D eigenvalue weighted by molar-refractivity contribution is 0.853. The molecule has 6 nitrogen and oxygen atoms in total. The molecular formula is C23H28N6. The van der Waals surface area contributed by atoms with E-state index >= 15 is 0 Å². The summed E-state index contributed by atoms with van der Waals surface area (Å²) in [6.07, 6.45) is 8.38. The maximum Gasteiger partial charge on any atom is 0.128 e. The fourth-order valence-electron chi connectivity index (χ4n) is 3.81. The third kappa shape index (κ3) is 3.62. The van der Waals surface area contributed by atoms with Crippen LogP contribution in [0.1, 0.15) is 43.6 Å². The predicted octanol–water partition coefficient (Wildman–Crippen LogP) is 4.59. The molecule has 1 fully saturated rings. The Kier molecular flexibility index (Phi) is 5.34. The third-order valence-corrected chi connectivity index (χ3v) is 5.35. The lowest BCUT2D eigenvalue weighted by Gasteiger charge is -2.19. The molecule has 0 aliphatic carbocycles. The van der Waals surface area contributed by atoms with Gasteiger partial charge in [-0.1, -0.05) is 20.4 Å². The second-order valence-electron chi connectivity index (χ2n) is 7.21. The monoisotopic (exact) mass is 388 g/mol. The van der Waals surface area contributed by atoms with Gasteiger partial charge < -0.3 is 9.80 Å². The standard InChI is InChI=1S/C21H22N6.C2H6/c1-15-5-6-18(11-22-15)26-13-17-14-27(24-21(17)16(26)2)19-7-8-20(23-12-19)25-9-3-4-10-25;1-2/h5-8,11-12,14H,2-4,9-10,13H2,1H3;1-2H3. The topological polar surface area (TPSA) is 50.1 Å².